The van der Waals surface area contributed by atoms with Crippen molar-refractivity contribution >= 4 is 27.5 Å². The zero-order chi connectivity index (χ0) is 32.2. The second kappa shape index (κ2) is 10.3. The first-order valence-corrected chi connectivity index (χ1v) is 16.2. The fraction of sp³-hybridized carbons (Fsp3) is 0.457. The molecule has 47 heavy (non-hydrogen) atoms. The SMILES string of the molecule is C#Cc1c(F)ccc2cc(O)cc(-c3nc4c5c(nc(OC[C@@]67CCCN6C[C@H](F)C7)nc5c3F)N([C@@H]3C5C[C@@H]53)[C@@H](CCO)CO4)c12. The van der Waals surface area contributed by atoms with Gasteiger partial charge < -0.3 is 24.6 Å². The summed E-state index contributed by atoms with van der Waals surface area (Å²) in [5.74, 6) is 2.14. The number of ether oxygens (including phenoxy) is 2. The van der Waals surface area contributed by atoms with E-state index in [-0.39, 0.29) is 82.7 Å². The van der Waals surface area contributed by atoms with Gasteiger partial charge in [0.25, 0.3) is 0 Å². The molecular formula is C35H32F3N5O4. The van der Waals surface area contributed by atoms with E-state index in [1.807, 2.05) is 0 Å². The monoisotopic (exact) mass is 643 g/mol. The lowest BCUT2D eigenvalue weighted by molar-refractivity contribution is 0.107. The average Bonchev–Trinajstić information content (AvgIpc) is 3.92. The number of nitrogens with zero attached hydrogens (tertiary/aromatic N) is 5. The summed E-state index contributed by atoms with van der Waals surface area (Å²) >= 11 is 0. The van der Waals surface area contributed by atoms with Crippen molar-refractivity contribution in [2.75, 3.05) is 37.8 Å². The van der Waals surface area contributed by atoms with Crippen LogP contribution in [0.3, 0.4) is 0 Å². The van der Waals surface area contributed by atoms with Crippen LogP contribution in [0.15, 0.2) is 24.3 Å². The maximum absolute atomic E-state index is 17.1. The summed E-state index contributed by atoms with van der Waals surface area (Å²) in [7, 11) is 0. The van der Waals surface area contributed by atoms with Gasteiger partial charge in [0, 0.05) is 36.6 Å². The van der Waals surface area contributed by atoms with Gasteiger partial charge in [-0.25, -0.2) is 18.2 Å². The number of aromatic hydroxyl groups is 1. The Balaban J connectivity index is 1.25. The molecule has 4 aromatic rings. The Morgan fingerprint density at radius 3 is 2.77 bits per heavy atom. The minimum atomic E-state index is -0.946. The Morgan fingerprint density at radius 1 is 1.15 bits per heavy atom. The van der Waals surface area contributed by atoms with Gasteiger partial charge in [0.15, 0.2) is 5.82 Å². The highest BCUT2D eigenvalue weighted by atomic mass is 19.1. The fourth-order valence-electron chi connectivity index (χ4n) is 8.38. The number of terminal acetylenes is 1. The maximum atomic E-state index is 17.1. The molecule has 9 nitrogen and oxygen atoms in total. The quantitative estimate of drug-likeness (QED) is 0.277. The predicted molar refractivity (Wildman–Crippen MR) is 167 cm³/mol. The van der Waals surface area contributed by atoms with E-state index < -0.39 is 23.3 Å². The van der Waals surface area contributed by atoms with Crippen LogP contribution in [0.1, 0.15) is 37.7 Å². The summed E-state index contributed by atoms with van der Waals surface area (Å²) in [6.45, 7) is 1.36. The molecule has 0 spiro atoms. The third-order valence-electron chi connectivity index (χ3n) is 10.9. The molecule has 9 rings (SSSR count). The Labute approximate surface area is 268 Å². The molecule has 6 atom stereocenters. The van der Waals surface area contributed by atoms with Gasteiger partial charge in [-0.05, 0) is 67.6 Å². The fourth-order valence-corrected chi connectivity index (χ4v) is 8.38. The summed E-state index contributed by atoms with van der Waals surface area (Å²) in [5.41, 5.74) is -0.839. The Bertz CT molecular complexity index is 2010. The van der Waals surface area contributed by atoms with Crippen LogP contribution in [0, 0.1) is 35.8 Å². The number of rotatable bonds is 7. The molecule has 5 heterocycles. The molecule has 2 saturated heterocycles. The highest BCUT2D eigenvalue weighted by Gasteiger charge is 2.68. The molecule has 2 aliphatic carbocycles. The molecule has 5 aliphatic rings. The molecule has 2 aromatic heterocycles. The van der Waals surface area contributed by atoms with Crippen molar-refractivity contribution in [3.63, 3.8) is 0 Å². The van der Waals surface area contributed by atoms with Crippen LogP contribution in [0.4, 0.5) is 19.0 Å². The van der Waals surface area contributed by atoms with Crippen molar-refractivity contribution in [3.8, 4) is 41.2 Å². The number of aliphatic hydroxyl groups excluding tert-OH is 1. The summed E-state index contributed by atoms with van der Waals surface area (Å²) < 4.78 is 59.1. The summed E-state index contributed by atoms with van der Waals surface area (Å²) in [6, 6.07) is 5.20. The van der Waals surface area contributed by atoms with Gasteiger partial charge in [-0.3, -0.25) is 4.90 Å². The third kappa shape index (κ3) is 4.36. The standard InChI is InChI=1S/C35H32F3N5O4/c1-2-21-25(37)5-4-17-10-20(45)11-24(26(17)21)29-28(38)30-27-32(41-34(40-30)47-16-35-7-3-8-42(35)14-18(36)13-35)43(31-22-12-23(22)31)19(6-9-44)15-46-33(27)39-29/h1,4-5,10-11,18-19,22-23,31,44-45H,3,6-9,12-16H2/t18-,19+,22+,23?,31+,35+/m1/s1. The van der Waals surface area contributed by atoms with Crippen molar-refractivity contribution in [2.45, 2.75) is 55.9 Å². The van der Waals surface area contributed by atoms with Crippen LogP contribution in [-0.2, 0) is 0 Å². The minimum absolute atomic E-state index is 0.0573. The number of phenolic OH excluding ortho intramolecular Hbond substituents is 1. The number of hydrogen-bond acceptors (Lipinski definition) is 9. The number of pyridine rings is 1. The van der Waals surface area contributed by atoms with Crippen LogP contribution < -0.4 is 14.4 Å². The van der Waals surface area contributed by atoms with Crippen LogP contribution in [0.25, 0.3) is 32.9 Å². The first kappa shape index (κ1) is 28.8. The van der Waals surface area contributed by atoms with E-state index in [2.05, 4.69) is 25.7 Å². The molecule has 0 radical (unpaired) electrons. The topological polar surface area (TPSA) is 104 Å². The second-order valence-electron chi connectivity index (χ2n) is 13.6. The highest BCUT2D eigenvalue weighted by Crippen LogP contribution is 2.66. The van der Waals surface area contributed by atoms with Crippen molar-refractivity contribution in [2.24, 2.45) is 11.8 Å². The number of hydrogen-bond donors (Lipinski definition) is 2. The van der Waals surface area contributed by atoms with Crippen molar-refractivity contribution < 1.29 is 32.9 Å². The predicted octanol–water partition coefficient (Wildman–Crippen LogP) is 4.73. The number of anilines is 1. The van der Waals surface area contributed by atoms with Gasteiger partial charge in [0.2, 0.25) is 5.88 Å². The molecule has 2 N–H and O–H groups in total. The summed E-state index contributed by atoms with van der Waals surface area (Å²) in [6.07, 6.45) is 8.32. The van der Waals surface area contributed by atoms with E-state index >= 15 is 4.39 Å². The molecule has 2 saturated carbocycles. The van der Waals surface area contributed by atoms with Crippen molar-refractivity contribution in [1.29, 1.82) is 0 Å². The molecule has 0 amide bonds. The number of aliphatic hydroxyl groups is 1. The van der Waals surface area contributed by atoms with Crippen molar-refractivity contribution in [1.82, 2.24) is 19.9 Å². The number of fused-ring (bicyclic) bond motifs is 3. The van der Waals surface area contributed by atoms with Crippen LogP contribution in [-0.4, -0.2) is 86.8 Å². The Hall–Kier alpha value is -4.34. The first-order valence-electron chi connectivity index (χ1n) is 16.2. The van der Waals surface area contributed by atoms with E-state index in [1.165, 1.54) is 24.3 Å². The largest absolute Gasteiger partial charge is 0.508 e. The van der Waals surface area contributed by atoms with E-state index in [9.17, 15) is 19.0 Å². The molecule has 12 heteroatoms. The number of phenols is 1. The molecule has 0 bridgehead atoms. The molecular weight excluding hydrogens is 611 g/mol. The van der Waals surface area contributed by atoms with Gasteiger partial charge in [-0.15, -0.1) is 6.42 Å². The van der Waals surface area contributed by atoms with Crippen LogP contribution >= 0.6 is 0 Å². The third-order valence-corrected chi connectivity index (χ3v) is 10.9. The molecule has 2 aromatic carbocycles. The second-order valence-corrected chi connectivity index (χ2v) is 13.6. The molecule has 1 unspecified atom stereocenters. The lowest BCUT2D eigenvalue weighted by Gasteiger charge is -2.34. The normalized spacial score (nSPS) is 28.9. The van der Waals surface area contributed by atoms with E-state index in [0.29, 0.717) is 42.4 Å². The van der Waals surface area contributed by atoms with Crippen LogP contribution in [0.5, 0.6) is 17.6 Å². The summed E-state index contributed by atoms with van der Waals surface area (Å²) in [5, 5.41) is 21.5. The zero-order valence-electron chi connectivity index (χ0n) is 25.4. The first-order chi connectivity index (χ1) is 22.8. The van der Waals surface area contributed by atoms with Gasteiger partial charge in [0.1, 0.15) is 53.4 Å². The highest BCUT2D eigenvalue weighted by molar-refractivity contribution is 6.04. The maximum Gasteiger partial charge on any atom is 0.319 e. The summed E-state index contributed by atoms with van der Waals surface area (Å²) in [4.78, 5) is 18.3. The number of halogens is 3. The zero-order valence-corrected chi connectivity index (χ0v) is 25.4. The minimum Gasteiger partial charge on any atom is -0.508 e. The average molecular weight is 644 g/mol. The van der Waals surface area contributed by atoms with Gasteiger partial charge >= 0.3 is 6.01 Å². The van der Waals surface area contributed by atoms with E-state index in [4.69, 9.17) is 20.9 Å². The Kier molecular flexibility index (Phi) is 6.34. The molecule has 4 fully saturated rings. The molecule has 242 valence electrons. The van der Waals surface area contributed by atoms with E-state index in [1.54, 1.807) is 0 Å². The lowest BCUT2D eigenvalue weighted by atomic mass is 9.95. The van der Waals surface area contributed by atoms with Gasteiger partial charge in [-0.1, -0.05) is 12.0 Å². The lowest BCUT2D eigenvalue weighted by Crippen LogP contribution is -2.44. The Morgan fingerprint density at radius 2 is 2.00 bits per heavy atom. The number of aromatic nitrogens is 3. The molecule has 3 aliphatic heterocycles. The van der Waals surface area contributed by atoms with Crippen molar-refractivity contribution in [3.05, 3.63) is 41.5 Å². The number of alkyl halides is 1. The van der Waals surface area contributed by atoms with Crippen LogP contribution in [0.2, 0.25) is 0 Å². The number of benzene rings is 2. The smallest absolute Gasteiger partial charge is 0.319 e. The van der Waals surface area contributed by atoms with Gasteiger partial charge in [-0.2, -0.15) is 9.97 Å². The van der Waals surface area contributed by atoms with Gasteiger partial charge in [0.05, 0.1) is 17.1 Å². The van der Waals surface area contributed by atoms with E-state index in [0.717, 1.165) is 25.8 Å².